The van der Waals surface area contributed by atoms with Gasteiger partial charge in [-0.25, -0.2) is 13.2 Å². The maximum atomic E-state index is 13.1. The molecule has 11 heteroatoms. The van der Waals surface area contributed by atoms with Gasteiger partial charge in [-0.2, -0.15) is 13.2 Å². The van der Waals surface area contributed by atoms with Crippen molar-refractivity contribution in [1.82, 2.24) is 0 Å². The number of hydrogen-bond acceptors (Lipinski definition) is 6. The first kappa shape index (κ1) is 27.0. The van der Waals surface area contributed by atoms with Crippen molar-refractivity contribution in [1.29, 1.82) is 0 Å². The molecule has 1 atom stereocenters. The number of anilines is 1. The van der Waals surface area contributed by atoms with Crippen LogP contribution in [0.1, 0.15) is 77.3 Å². The van der Waals surface area contributed by atoms with Crippen LogP contribution in [0.5, 0.6) is 5.75 Å². The molecule has 1 unspecified atom stereocenters. The summed E-state index contributed by atoms with van der Waals surface area (Å²) in [5, 5.41) is 11.2. The number of aromatic hydroxyl groups is 1. The van der Waals surface area contributed by atoms with E-state index in [-0.39, 0.29) is 46.4 Å². The van der Waals surface area contributed by atoms with Gasteiger partial charge in [-0.05, 0) is 67.5 Å². The number of rotatable bonds is 6. The SMILES string of the molecule is O=C1CCCCCc2oc(=O)c(C(c3cccc(NS(=O)(=O)c4cccc(C(F)(F)F)c4)c3)C3CC3)c(O)c21. The van der Waals surface area contributed by atoms with E-state index in [1.165, 1.54) is 12.1 Å². The number of aryl methyl sites for hydroxylation is 1. The van der Waals surface area contributed by atoms with E-state index in [1.54, 1.807) is 12.1 Å². The largest absolute Gasteiger partial charge is 0.506 e. The number of hydrogen-bond donors (Lipinski definition) is 2. The fourth-order valence-electron chi connectivity index (χ4n) is 5.15. The number of carbonyl (C=O) groups is 1. The third-order valence-electron chi connectivity index (χ3n) is 7.17. The molecular formula is C28H26F3NO6S. The van der Waals surface area contributed by atoms with Gasteiger partial charge >= 0.3 is 11.8 Å². The molecule has 0 saturated heterocycles. The fourth-order valence-corrected chi connectivity index (χ4v) is 6.24. The summed E-state index contributed by atoms with van der Waals surface area (Å²) < 4.78 is 73.1. The Bertz CT molecular complexity index is 1590. The van der Waals surface area contributed by atoms with Crippen molar-refractivity contribution < 1.29 is 35.9 Å². The van der Waals surface area contributed by atoms with Gasteiger partial charge in [-0.3, -0.25) is 9.52 Å². The Balaban J connectivity index is 1.52. The van der Waals surface area contributed by atoms with Crippen molar-refractivity contribution in [3.63, 3.8) is 0 Å². The van der Waals surface area contributed by atoms with Gasteiger partial charge in [0, 0.05) is 24.4 Å². The minimum atomic E-state index is -4.71. The number of nitrogens with one attached hydrogen (secondary N) is 1. The van der Waals surface area contributed by atoms with E-state index < -0.39 is 38.2 Å². The van der Waals surface area contributed by atoms with E-state index in [0.29, 0.717) is 24.5 Å². The van der Waals surface area contributed by atoms with E-state index in [9.17, 15) is 36.3 Å². The quantitative estimate of drug-likeness (QED) is 0.381. The van der Waals surface area contributed by atoms with E-state index in [2.05, 4.69) is 4.72 Å². The lowest BCUT2D eigenvalue weighted by Gasteiger charge is -2.21. The second-order valence-electron chi connectivity index (χ2n) is 10.0. The highest BCUT2D eigenvalue weighted by molar-refractivity contribution is 7.92. The van der Waals surface area contributed by atoms with E-state index in [1.807, 2.05) is 0 Å². The minimum Gasteiger partial charge on any atom is -0.506 e. The van der Waals surface area contributed by atoms with E-state index >= 15 is 0 Å². The van der Waals surface area contributed by atoms with Crippen molar-refractivity contribution in [2.24, 2.45) is 5.92 Å². The Labute approximate surface area is 222 Å². The first-order chi connectivity index (χ1) is 18.5. The molecule has 2 aromatic carbocycles. The van der Waals surface area contributed by atoms with Gasteiger partial charge in [-0.1, -0.05) is 24.6 Å². The summed E-state index contributed by atoms with van der Waals surface area (Å²) in [5.41, 5.74) is -1.26. The highest BCUT2D eigenvalue weighted by Crippen LogP contribution is 2.49. The topological polar surface area (TPSA) is 114 Å². The van der Waals surface area contributed by atoms with Crippen LogP contribution in [-0.2, 0) is 22.6 Å². The molecule has 1 saturated carbocycles. The molecule has 2 N–H and O–H groups in total. The van der Waals surface area contributed by atoms with Crippen LogP contribution in [-0.4, -0.2) is 19.3 Å². The smallest absolute Gasteiger partial charge is 0.416 e. The lowest BCUT2D eigenvalue weighted by Crippen LogP contribution is -2.21. The Morgan fingerprint density at radius 2 is 1.69 bits per heavy atom. The Morgan fingerprint density at radius 1 is 0.974 bits per heavy atom. The van der Waals surface area contributed by atoms with Gasteiger partial charge in [-0.15, -0.1) is 0 Å². The molecule has 1 aromatic heterocycles. The number of carbonyl (C=O) groups excluding carboxylic acids is 1. The number of benzene rings is 2. The predicted octanol–water partition coefficient (Wildman–Crippen LogP) is 6.01. The third-order valence-corrected chi connectivity index (χ3v) is 8.55. The van der Waals surface area contributed by atoms with Gasteiger partial charge in [0.05, 0.1) is 21.6 Å². The number of Topliss-reactive ketones (excluding diaryl/α,β-unsaturated/α-hetero) is 1. The first-order valence-electron chi connectivity index (χ1n) is 12.7. The standard InChI is InChI=1S/C28H26F3NO6S/c29-28(30,31)18-7-5-9-20(15-18)39(36,37)32-19-8-4-6-17(14-19)23(16-12-13-16)25-26(34)24-21(33)10-2-1-3-11-22(24)38-27(25)35/h4-9,14-16,23,32,34H,1-3,10-13H2. The summed E-state index contributed by atoms with van der Waals surface area (Å²) >= 11 is 0. The van der Waals surface area contributed by atoms with Crippen LogP contribution in [0.2, 0.25) is 0 Å². The number of halogens is 3. The van der Waals surface area contributed by atoms with Crippen LogP contribution in [0.25, 0.3) is 0 Å². The monoisotopic (exact) mass is 561 g/mol. The molecule has 5 rings (SSSR count). The van der Waals surface area contributed by atoms with E-state index in [0.717, 1.165) is 43.9 Å². The molecule has 39 heavy (non-hydrogen) atoms. The summed E-state index contributed by atoms with van der Waals surface area (Å²) in [4.78, 5) is 25.4. The normalized spacial score (nSPS) is 17.2. The van der Waals surface area contributed by atoms with Crippen molar-refractivity contribution >= 4 is 21.5 Å². The molecule has 1 heterocycles. The van der Waals surface area contributed by atoms with Gasteiger partial charge in [0.25, 0.3) is 10.0 Å². The summed E-state index contributed by atoms with van der Waals surface area (Å²) in [7, 11) is -4.38. The molecule has 3 aromatic rings. The Kier molecular flexibility index (Phi) is 7.04. The zero-order chi connectivity index (χ0) is 27.9. The van der Waals surface area contributed by atoms with Crippen LogP contribution < -0.4 is 10.3 Å². The average Bonchev–Trinajstić information content (AvgIpc) is 3.69. The second kappa shape index (κ2) is 10.2. The molecule has 0 spiro atoms. The predicted molar refractivity (Wildman–Crippen MR) is 136 cm³/mol. The molecule has 2 aliphatic carbocycles. The molecular weight excluding hydrogens is 535 g/mol. The molecule has 2 aliphatic rings. The summed E-state index contributed by atoms with van der Waals surface area (Å²) in [6, 6.07) is 9.54. The van der Waals surface area contributed by atoms with Crippen LogP contribution in [0.3, 0.4) is 0 Å². The van der Waals surface area contributed by atoms with Crippen molar-refractivity contribution in [3.8, 4) is 5.75 Å². The maximum Gasteiger partial charge on any atom is 0.416 e. The molecule has 0 radical (unpaired) electrons. The Morgan fingerprint density at radius 3 is 2.41 bits per heavy atom. The first-order valence-corrected chi connectivity index (χ1v) is 14.2. The fraction of sp³-hybridized carbons (Fsp3) is 0.357. The number of alkyl halides is 3. The highest BCUT2D eigenvalue weighted by Gasteiger charge is 2.39. The van der Waals surface area contributed by atoms with Crippen LogP contribution in [0.4, 0.5) is 18.9 Å². The number of fused-ring (bicyclic) bond motifs is 1. The summed E-state index contributed by atoms with van der Waals surface area (Å²) in [6.45, 7) is 0. The molecule has 0 amide bonds. The number of sulfonamides is 1. The minimum absolute atomic E-state index is 0.0383. The molecule has 0 bridgehead atoms. The molecule has 1 fully saturated rings. The van der Waals surface area contributed by atoms with Crippen molar-refractivity contribution in [2.45, 2.75) is 61.9 Å². The van der Waals surface area contributed by atoms with Crippen molar-refractivity contribution in [2.75, 3.05) is 4.72 Å². The third kappa shape index (κ3) is 5.59. The zero-order valence-corrected chi connectivity index (χ0v) is 21.6. The molecule has 206 valence electrons. The lowest BCUT2D eigenvalue weighted by atomic mass is 9.85. The van der Waals surface area contributed by atoms with Crippen LogP contribution >= 0.6 is 0 Å². The molecule has 7 nitrogen and oxygen atoms in total. The number of ketones is 1. The van der Waals surface area contributed by atoms with Gasteiger partial charge in [0.1, 0.15) is 11.5 Å². The van der Waals surface area contributed by atoms with Gasteiger partial charge < -0.3 is 9.52 Å². The zero-order valence-electron chi connectivity index (χ0n) is 20.8. The lowest BCUT2D eigenvalue weighted by molar-refractivity contribution is -0.137. The van der Waals surface area contributed by atoms with Crippen molar-refractivity contribution in [3.05, 3.63) is 87.0 Å². The maximum absolute atomic E-state index is 13.1. The highest BCUT2D eigenvalue weighted by atomic mass is 32.2. The summed E-state index contributed by atoms with van der Waals surface area (Å²) in [6.07, 6.45) is -0.413. The molecule has 0 aliphatic heterocycles. The van der Waals surface area contributed by atoms with Crippen LogP contribution in [0, 0.1) is 5.92 Å². The van der Waals surface area contributed by atoms with E-state index in [4.69, 9.17) is 4.42 Å². The second-order valence-corrected chi connectivity index (χ2v) is 11.7. The van der Waals surface area contributed by atoms with Gasteiger partial charge in [0.2, 0.25) is 0 Å². The Hall–Kier alpha value is -3.60. The summed E-state index contributed by atoms with van der Waals surface area (Å²) in [5.74, 6) is -1.20. The van der Waals surface area contributed by atoms with Gasteiger partial charge in [0.15, 0.2) is 5.78 Å². The van der Waals surface area contributed by atoms with Crippen LogP contribution in [0.15, 0.2) is 62.6 Å². The average molecular weight is 562 g/mol.